The van der Waals surface area contributed by atoms with Crippen LogP contribution in [-0.2, 0) is 29.5 Å². The third-order valence-electron chi connectivity index (χ3n) is 4.69. The number of hydrogen-bond acceptors (Lipinski definition) is 4. The predicted molar refractivity (Wildman–Crippen MR) is 93.9 cm³/mol. The van der Waals surface area contributed by atoms with Crippen LogP contribution in [0, 0.1) is 0 Å². The summed E-state index contributed by atoms with van der Waals surface area (Å²) in [4.78, 5) is 12.0. The second kappa shape index (κ2) is 5.86. The third-order valence-corrected chi connectivity index (χ3v) is 6.53. The largest absolute Gasteiger partial charge is 0.419 e. The van der Waals surface area contributed by atoms with E-state index in [0.29, 0.717) is 37.2 Å². The van der Waals surface area contributed by atoms with Gasteiger partial charge in [-0.1, -0.05) is 24.3 Å². The first-order valence-electron chi connectivity index (χ1n) is 8.21. The average molecular weight is 358 g/mol. The number of nitrogens with zero attached hydrogens (tertiary/aromatic N) is 2. The summed E-state index contributed by atoms with van der Waals surface area (Å²) >= 11 is 0. The van der Waals surface area contributed by atoms with Gasteiger partial charge in [-0.2, -0.15) is 4.31 Å². The van der Waals surface area contributed by atoms with E-state index in [1.807, 2.05) is 31.2 Å². The van der Waals surface area contributed by atoms with Gasteiger partial charge in [0, 0.05) is 25.7 Å². The molecular weight excluding hydrogens is 340 g/mol. The molecule has 0 spiro atoms. The van der Waals surface area contributed by atoms with Crippen LogP contribution in [-0.4, -0.2) is 23.8 Å². The fourth-order valence-electron chi connectivity index (χ4n) is 3.33. The summed E-state index contributed by atoms with van der Waals surface area (Å²) in [6, 6.07) is 12.5. The first-order valence-corrected chi connectivity index (χ1v) is 9.65. The van der Waals surface area contributed by atoms with Crippen molar-refractivity contribution in [1.29, 1.82) is 0 Å². The van der Waals surface area contributed by atoms with Crippen LogP contribution >= 0.6 is 0 Å². The Morgan fingerprint density at radius 3 is 2.64 bits per heavy atom. The summed E-state index contributed by atoms with van der Waals surface area (Å²) < 4.78 is 34.1. The number of aryl methyl sites for hydroxylation is 1. The van der Waals surface area contributed by atoms with E-state index in [9.17, 15) is 13.2 Å². The zero-order chi connectivity index (χ0) is 17.6. The molecule has 0 saturated heterocycles. The topological polar surface area (TPSA) is 72.5 Å². The van der Waals surface area contributed by atoms with E-state index in [1.165, 1.54) is 20.5 Å². The molecule has 7 heteroatoms. The van der Waals surface area contributed by atoms with Crippen molar-refractivity contribution in [3.63, 3.8) is 0 Å². The van der Waals surface area contributed by atoms with Gasteiger partial charge in [0.05, 0.1) is 10.4 Å². The van der Waals surface area contributed by atoms with Crippen molar-refractivity contribution >= 4 is 21.1 Å². The van der Waals surface area contributed by atoms with Crippen LogP contribution < -0.4 is 5.76 Å². The van der Waals surface area contributed by atoms with E-state index in [0.717, 1.165) is 5.56 Å². The standard InChI is InChI=1S/C18H18N2O4S/c1-2-20-16-8-7-15(11-17(16)24-18(20)21)25(22,23)19-10-9-13-5-3-4-6-14(13)12-19/h3-8,11H,2,9-10,12H2,1H3. The van der Waals surface area contributed by atoms with E-state index in [2.05, 4.69) is 0 Å². The number of aromatic nitrogens is 1. The van der Waals surface area contributed by atoms with Crippen LogP contribution in [0.15, 0.2) is 56.6 Å². The van der Waals surface area contributed by atoms with Gasteiger partial charge >= 0.3 is 5.76 Å². The quantitative estimate of drug-likeness (QED) is 0.720. The Morgan fingerprint density at radius 2 is 1.88 bits per heavy atom. The Balaban J connectivity index is 1.74. The molecule has 0 unspecified atom stereocenters. The van der Waals surface area contributed by atoms with Crippen molar-refractivity contribution in [2.75, 3.05) is 6.54 Å². The lowest BCUT2D eigenvalue weighted by atomic mass is 10.0. The molecule has 0 atom stereocenters. The molecule has 0 amide bonds. The monoisotopic (exact) mass is 358 g/mol. The molecule has 0 aliphatic carbocycles. The average Bonchev–Trinajstić information content (AvgIpc) is 2.95. The van der Waals surface area contributed by atoms with Crippen molar-refractivity contribution in [2.45, 2.75) is 31.3 Å². The summed E-state index contributed by atoms with van der Waals surface area (Å²) in [6.45, 7) is 3.11. The number of rotatable bonds is 3. The second-order valence-corrected chi connectivity index (χ2v) is 8.04. The third kappa shape index (κ3) is 2.60. The van der Waals surface area contributed by atoms with Gasteiger partial charge < -0.3 is 4.42 Å². The molecule has 0 fully saturated rings. The Morgan fingerprint density at radius 1 is 1.12 bits per heavy atom. The highest BCUT2D eigenvalue weighted by molar-refractivity contribution is 7.89. The van der Waals surface area contributed by atoms with Gasteiger partial charge in [0.2, 0.25) is 10.0 Å². The molecule has 6 nitrogen and oxygen atoms in total. The van der Waals surface area contributed by atoms with Crippen molar-refractivity contribution in [3.05, 3.63) is 64.1 Å². The Labute approximate surface area is 145 Å². The van der Waals surface area contributed by atoms with Crippen LogP contribution in [0.3, 0.4) is 0 Å². The normalized spacial score (nSPS) is 15.4. The fraction of sp³-hybridized carbons (Fsp3) is 0.278. The van der Waals surface area contributed by atoms with E-state index in [4.69, 9.17) is 4.42 Å². The number of hydrogen-bond donors (Lipinski definition) is 0. The first-order chi connectivity index (χ1) is 12.0. The minimum absolute atomic E-state index is 0.149. The number of oxazole rings is 1. The van der Waals surface area contributed by atoms with Gasteiger partial charge in [0.25, 0.3) is 0 Å². The molecule has 4 rings (SSSR count). The maximum absolute atomic E-state index is 13.0. The van der Waals surface area contributed by atoms with E-state index >= 15 is 0 Å². The molecule has 2 heterocycles. The number of fused-ring (bicyclic) bond motifs is 2. The van der Waals surface area contributed by atoms with Gasteiger partial charge in [0.15, 0.2) is 5.58 Å². The second-order valence-electron chi connectivity index (χ2n) is 6.10. The molecule has 3 aromatic rings. The molecule has 0 bridgehead atoms. The van der Waals surface area contributed by atoms with Crippen LogP contribution in [0.4, 0.5) is 0 Å². The van der Waals surface area contributed by atoms with Crippen LogP contribution in [0.1, 0.15) is 18.1 Å². The Hall–Kier alpha value is -2.38. The zero-order valence-corrected chi connectivity index (χ0v) is 14.6. The summed E-state index contributed by atoms with van der Waals surface area (Å²) in [5.41, 5.74) is 3.12. The van der Waals surface area contributed by atoms with Crippen LogP contribution in [0.5, 0.6) is 0 Å². The molecule has 130 valence electrons. The number of benzene rings is 2. The number of sulfonamides is 1. The molecule has 2 aromatic carbocycles. The summed E-state index contributed by atoms with van der Waals surface area (Å²) in [7, 11) is -3.64. The van der Waals surface area contributed by atoms with Crippen molar-refractivity contribution in [1.82, 2.24) is 8.87 Å². The maximum atomic E-state index is 13.0. The van der Waals surface area contributed by atoms with E-state index in [1.54, 1.807) is 12.1 Å². The molecule has 0 saturated carbocycles. The minimum atomic E-state index is -3.64. The SMILES string of the molecule is CCn1c(=O)oc2cc(S(=O)(=O)N3CCc4ccccc4C3)ccc21. The summed E-state index contributed by atoms with van der Waals surface area (Å²) in [5, 5.41) is 0. The van der Waals surface area contributed by atoms with Gasteiger partial charge in [-0.25, -0.2) is 13.2 Å². The van der Waals surface area contributed by atoms with Crippen molar-refractivity contribution < 1.29 is 12.8 Å². The van der Waals surface area contributed by atoms with Crippen LogP contribution in [0.2, 0.25) is 0 Å². The molecule has 25 heavy (non-hydrogen) atoms. The molecule has 0 N–H and O–H groups in total. The lowest BCUT2D eigenvalue weighted by molar-refractivity contribution is 0.391. The van der Waals surface area contributed by atoms with Crippen LogP contribution in [0.25, 0.3) is 11.1 Å². The predicted octanol–water partition coefficient (Wildman–Crippen LogP) is 2.36. The Kier molecular flexibility index (Phi) is 3.77. The van der Waals surface area contributed by atoms with Gasteiger partial charge in [-0.3, -0.25) is 4.57 Å². The van der Waals surface area contributed by atoms with Gasteiger partial charge in [-0.05, 0) is 36.6 Å². The van der Waals surface area contributed by atoms with Crippen molar-refractivity contribution in [2.24, 2.45) is 0 Å². The zero-order valence-electron chi connectivity index (χ0n) is 13.8. The van der Waals surface area contributed by atoms with Gasteiger partial charge in [-0.15, -0.1) is 0 Å². The molecule has 1 aliphatic heterocycles. The molecule has 1 aromatic heterocycles. The maximum Gasteiger partial charge on any atom is 0.419 e. The van der Waals surface area contributed by atoms with Crippen molar-refractivity contribution in [3.8, 4) is 0 Å². The molecule has 0 radical (unpaired) electrons. The minimum Gasteiger partial charge on any atom is -0.408 e. The highest BCUT2D eigenvalue weighted by Crippen LogP contribution is 2.26. The fourth-order valence-corrected chi connectivity index (χ4v) is 4.77. The molecule has 1 aliphatic rings. The highest BCUT2D eigenvalue weighted by atomic mass is 32.2. The van der Waals surface area contributed by atoms with E-state index in [-0.39, 0.29) is 4.90 Å². The van der Waals surface area contributed by atoms with E-state index < -0.39 is 15.8 Å². The Bertz CT molecular complexity index is 1110. The lowest BCUT2D eigenvalue weighted by Gasteiger charge is -2.28. The first kappa shape index (κ1) is 16.1. The van der Waals surface area contributed by atoms with Gasteiger partial charge in [0.1, 0.15) is 0 Å². The summed E-state index contributed by atoms with van der Waals surface area (Å²) in [5.74, 6) is -0.473. The molecular formula is C18H18N2O4S. The lowest BCUT2D eigenvalue weighted by Crippen LogP contribution is -2.35. The smallest absolute Gasteiger partial charge is 0.408 e. The highest BCUT2D eigenvalue weighted by Gasteiger charge is 2.28. The summed E-state index contributed by atoms with van der Waals surface area (Å²) in [6.07, 6.45) is 0.693.